The Labute approximate surface area is 119 Å². The zero-order valence-electron chi connectivity index (χ0n) is 10.8. The standard InChI is InChI=1S/C12H14N4O3S/c1-2-7-3-8-11(15-6-16-12(8)20-7)14-4-9(17)13-5-10(18)19/h3,6H,2,4-5H2,1H3,(H,13,17)(H,18,19)(H,14,15,16). The lowest BCUT2D eigenvalue weighted by Crippen LogP contribution is -2.34. The van der Waals surface area contributed by atoms with Gasteiger partial charge in [0.05, 0.1) is 11.9 Å². The van der Waals surface area contributed by atoms with Crippen molar-refractivity contribution in [1.29, 1.82) is 0 Å². The molecule has 0 unspecified atom stereocenters. The first-order valence-corrected chi connectivity index (χ1v) is 6.87. The van der Waals surface area contributed by atoms with E-state index in [1.165, 1.54) is 11.2 Å². The lowest BCUT2D eigenvalue weighted by molar-refractivity contribution is -0.137. The summed E-state index contributed by atoms with van der Waals surface area (Å²) < 4.78 is 0. The molecule has 0 aliphatic heterocycles. The molecule has 8 heteroatoms. The Morgan fingerprint density at radius 1 is 1.35 bits per heavy atom. The van der Waals surface area contributed by atoms with Crippen LogP contribution in [0.25, 0.3) is 10.2 Å². The number of nitrogens with zero attached hydrogens (tertiary/aromatic N) is 2. The highest BCUT2D eigenvalue weighted by Gasteiger charge is 2.09. The van der Waals surface area contributed by atoms with Crippen LogP contribution in [0.4, 0.5) is 5.82 Å². The first kappa shape index (κ1) is 14.2. The molecule has 106 valence electrons. The number of carbonyl (C=O) groups excluding carboxylic acids is 1. The maximum absolute atomic E-state index is 11.4. The molecule has 0 atom stereocenters. The third-order valence-electron chi connectivity index (χ3n) is 2.58. The molecule has 0 radical (unpaired) electrons. The Hall–Kier alpha value is -2.22. The van der Waals surface area contributed by atoms with Gasteiger partial charge in [-0.3, -0.25) is 9.59 Å². The summed E-state index contributed by atoms with van der Waals surface area (Å²) in [6, 6.07) is 2.00. The highest BCUT2D eigenvalue weighted by Crippen LogP contribution is 2.28. The summed E-state index contributed by atoms with van der Waals surface area (Å²) in [5.41, 5.74) is 0. The van der Waals surface area contributed by atoms with Crippen LogP contribution in [0.2, 0.25) is 0 Å². The van der Waals surface area contributed by atoms with E-state index >= 15 is 0 Å². The Morgan fingerprint density at radius 2 is 2.15 bits per heavy atom. The summed E-state index contributed by atoms with van der Waals surface area (Å²) in [5.74, 6) is -0.894. The van der Waals surface area contributed by atoms with E-state index in [-0.39, 0.29) is 6.54 Å². The van der Waals surface area contributed by atoms with Crippen LogP contribution < -0.4 is 10.6 Å². The van der Waals surface area contributed by atoms with Gasteiger partial charge in [-0.1, -0.05) is 6.92 Å². The number of nitrogens with one attached hydrogen (secondary N) is 2. The van der Waals surface area contributed by atoms with Gasteiger partial charge >= 0.3 is 5.97 Å². The van der Waals surface area contributed by atoms with Crippen LogP contribution in [0.1, 0.15) is 11.8 Å². The average Bonchev–Trinajstić information content (AvgIpc) is 2.86. The van der Waals surface area contributed by atoms with Gasteiger partial charge in [-0.2, -0.15) is 0 Å². The first-order valence-electron chi connectivity index (χ1n) is 6.06. The van der Waals surface area contributed by atoms with E-state index in [1.54, 1.807) is 11.3 Å². The predicted molar refractivity (Wildman–Crippen MR) is 75.9 cm³/mol. The lowest BCUT2D eigenvalue weighted by atomic mass is 10.3. The van der Waals surface area contributed by atoms with Crippen molar-refractivity contribution in [3.05, 3.63) is 17.3 Å². The number of hydrogen-bond acceptors (Lipinski definition) is 6. The molecule has 0 saturated heterocycles. The fourth-order valence-corrected chi connectivity index (χ4v) is 2.56. The molecule has 7 nitrogen and oxygen atoms in total. The lowest BCUT2D eigenvalue weighted by Gasteiger charge is -2.06. The molecule has 0 aliphatic carbocycles. The molecule has 0 bridgehead atoms. The van der Waals surface area contributed by atoms with Crippen molar-refractivity contribution < 1.29 is 14.7 Å². The van der Waals surface area contributed by atoms with Crippen molar-refractivity contribution in [3.63, 3.8) is 0 Å². The van der Waals surface area contributed by atoms with Crippen molar-refractivity contribution in [3.8, 4) is 0 Å². The van der Waals surface area contributed by atoms with Crippen LogP contribution in [0.5, 0.6) is 0 Å². The van der Waals surface area contributed by atoms with E-state index in [0.29, 0.717) is 5.82 Å². The summed E-state index contributed by atoms with van der Waals surface area (Å²) >= 11 is 1.59. The zero-order valence-corrected chi connectivity index (χ0v) is 11.7. The third-order valence-corrected chi connectivity index (χ3v) is 3.77. The second kappa shape index (κ2) is 6.29. The SMILES string of the molecule is CCc1cc2c(NCC(=O)NCC(=O)O)ncnc2s1. The Kier molecular flexibility index (Phi) is 4.46. The van der Waals surface area contributed by atoms with Crippen LogP contribution in [0, 0.1) is 0 Å². The molecule has 0 fully saturated rings. The Bertz CT molecular complexity index is 641. The second-order valence-electron chi connectivity index (χ2n) is 4.03. The Morgan fingerprint density at radius 3 is 2.85 bits per heavy atom. The van der Waals surface area contributed by atoms with E-state index in [1.807, 2.05) is 6.07 Å². The number of carbonyl (C=O) groups is 2. The highest BCUT2D eigenvalue weighted by molar-refractivity contribution is 7.18. The topological polar surface area (TPSA) is 104 Å². The van der Waals surface area contributed by atoms with Gasteiger partial charge in [0.2, 0.25) is 5.91 Å². The molecule has 0 aromatic carbocycles. The number of carboxylic acids is 1. The van der Waals surface area contributed by atoms with E-state index in [9.17, 15) is 9.59 Å². The monoisotopic (exact) mass is 294 g/mol. The van der Waals surface area contributed by atoms with Crippen LogP contribution in [0.3, 0.4) is 0 Å². The number of carboxylic acid groups (broad SMARTS) is 1. The predicted octanol–water partition coefficient (Wildman–Crippen LogP) is 0.866. The smallest absolute Gasteiger partial charge is 0.322 e. The Balaban J connectivity index is 2.04. The van der Waals surface area contributed by atoms with Crippen molar-refractivity contribution in [1.82, 2.24) is 15.3 Å². The fourth-order valence-electron chi connectivity index (χ4n) is 1.62. The molecule has 0 spiro atoms. The van der Waals surface area contributed by atoms with Gasteiger partial charge in [0.15, 0.2) is 0 Å². The summed E-state index contributed by atoms with van der Waals surface area (Å²) in [6.07, 6.45) is 2.36. The maximum atomic E-state index is 11.4. The summed E-state index contributed by atoms with van der Waals surface area (Å²) in [4.78, 5) is 32.1. The summed E-state index contributed by atoms with van der Waals surface area (Å²) in [7, 11) is 0. The number of aliphatic carboxylic acids is 1. The van der Waals surface area contributed by atoms with Gasteiger partial charge in [-0.25, -0.2) is 9.97 Å². The zero-order chi connectivity index (χ0) is 14.5. The number of fused-ring (bicyclic) bond motifs is 1. The third kappa shape index (κ3) is 3.41. The van der Waals surface area contributed by atoms with Gasteiger partial charge < -0.3 is 15.7 Å². The minimum atomic E-state index is -1.08. The molecule has 2 rings (SSSR count). The van der Waals surface area contributed by atoms with Gasteiger partial charge in [-0.15, -0.1) is 11.3 Å². The van der Waals surface area contributed by atoms with E-state index < -0.39 is 18.4 Å². The van der Waals surface area contributed by atoms with E-state index in [4.69, 9.17) is 5.11 Å². The molecule has 20 heavy (non-hydrogen) atoms. The number of thiophene rings is 1. The quantitative estimate of drug-likeness (QED) is 0.730. The van der Waals surface area contributed by atoms with Gasteiger partial charge in [0.1, 0.15) is 23.5 Å². The fraction of sp³-hybridized carbons (Fsp3) is 0.333. The molecular formula is C12H14N4O3S. The van der Waals surface area contributed by atoms with Crippen LogP contribution in [0.15, 0.2) is 12.4 Å². The molecule has 2 heterocycles. The number of hydrogen-bond donors (Lipinski definition) is 3. The minimum Gasteiger partial charge on any atom is -0.480 e. The average molecular weight is 294 g/mol. The normalized spacial score (nSPS) is 10.4. The van der Waals surface area contributed by atoms with Gasteiger partial charge in [-0.05, 0) is 12.5 Å². The molecular weight excluding hydrogens is 280 g/mol. The highest BCUT2D eigenvalue weighted by atomic mass is 32.1. The molecule has 2 aromatic rings. The maximum Gasteiger partial charge on any atom is 0.322 e. The van der Waals surface area contributed by atoms with Crippen LogP contribution >= 0.6 is 11.3 Å². The summed E-state index contributed by atoms with van der Waals surface area (Å²) in [5, 5.41) is 14.5. The first-order chi connectivity index (χ1) is 9.60. The molecule has 1 amide bonds. The second-order valence-corrected chi connectivity index (χ2v) is 5.15. The molecule has 2 aromatic heterocycles. The van der Waals surface area contributed by atoms with Crippen molar-refractivity contribution in [2.24, 2.45) is 0 Å². The van der Waals surface area contributed by atoms with Crippen molar-refractivity contribution >= 4 is 39.2 Å². The van der Waals surface area contributed by atoms with E-state index in [0.717, 1.165) is 16.6 Å². The van der Waals surface area contributed by atoms with Crippen LogP contribution in [-0.4, -0.2) is 40.0 Å². The number of aryl methyl sites for hydroxylation is 1. The largest absolute Gasteiger partial charge is 0.480 e. The molecule has 3 N–H and O–H groups in total. The number of anilines is 1. The van der Waals surface area contributed by atoms with Crippen molar-refractivity contribution in [2.75, 3.05) is 18.4 Å². The van der Waals surface area contributed by atoms with E-state index in [2.05, 4.69) is 27.5 Å². The van der Waals surface area contributed by atoms with Crippen molar-refractivity contribution in [2.45, 2.75) is 13.3 Å². The molecule has 0 aliphatic rings. The number of rotatable bonds is 6. The van der Waals surface area contributed by atoms with Gasteiger partial charge in [0, 0.05) is 4.88 Å². The number of aromatic nitrogens is 2. The minimum absolute atomic E-state index is 0.0311. The summed E-state index contributed by atoms with van der Waals surface area (Å²) in [6.45, 7) is 1.64. The molecule has 0 saturated carbocycles. The van der Waals surface area contributed by atoms with Gasteiger partial charge in [0.25, 0.3) is 0 Å². The van der Waals surface area contributed by atoms with Crippen LogP contribution in [-0.2, 0) is 16.0 Å². The number of amides is 1.